The lowest BCUT2D eigenvalue weighted by Gasteiger charge is -2.29. The maximum Gasteiger partial charge on any atom is 0.0951 e. The number of aromatic nitrogens is 2. The van der Waals surface area contributed by atoms with Gasteiger partial charge in [-0.3, -0.25) is 0 Å². The standard InChI is InChI=1S/C11H17N3/c1-8-10-9(11(12)4-5-11)3-2-6-14(10)7-13-8/h7,9H,2-6,12H2,1H3. The van der Waals surface area contributed by atoms with Crippen molar-refractivity contribution in [1.29, 1.82) is 0 Å². The zero-order valence-electron chi connectivity index (χ0n) is 8.66. The fourth-order valence-corrected chi connectivity index (χ4v) is 2.78. The van der Waals surface area contributed by atoms with Gasteiger partial charge in [-0.25, -0.2) is 4.98 Å². The molecule has 2 heterocycles. The third-order valence-electron chi connectivity index (χ3n) is 3.81. The van der Waals surface area contributed by atoms with Crippen molar-refractivity contribution in [2.45, 2.75) is 50.6 Å². The van der Waals surface area contributed by atoms with Crippen molar-refractivity contribution in [3.8, 4) is 0 Å². The second-order valence-corrected chi connectivity index (χ2v) is 4.84. The number of hydrogen-bond donors (Lipinski definition) is 1. The Bertz CT molecular complexity index is 363. The molecule has 0 bridgehead atoms. The third kappa shape index (κ3) is 1.05. The van der Waals surface area contributed by atoms with Crippen LogP contribution < -0.4 is 5.73 Å². The first-order chi connectivity index (χ1) is 6.71. The van der Waals surface area contributed by atoms with E-state index in [4.69, 9.17) is 5.73 Å². The molecule has 0 aromatic carbocycles. The Labute approximate surface area is 84.3 Å². The van der Waals surface area contributed by atoms with Crippen LogP contribution in [-0.4, -0.2) is 15.1 Å². The molecule has 0 amide bonds. The van der Waals surface area contributed by atoms with E-state index in [1.54, 1.807) is 0 Å². The van der Waals surface area contributed by atoms with Gasteiger partial charge in [-0.15, -0.1) is 0 Å². The van der Waals surface area contributed by atoms with Gasteiger partial charge in [0.15, 0.2) is 0 Å². The smallest absolute Gasteiger partial charge is 0.0951 e. The summed E-state index contributed by atoms with van der Waals surface area (Å²) in [5, 5.41) is 0. The second kappa shape index (κ2) is 2.60. The van der Waals surface area contributed by atoms with Crippen molar-refractivity contribution in [3.63, 3.8) is 0 Å². The molecule has 76 valence electrons. The summed E-state index contributed by atoms with van der Waals surface area (Å²) in [6.07, 6.45) is 6.88. The monoisotopic (exact) mass is 191 g/mol. The zero-order chi connectivity index (χ0) is 9.76. The van der Waals surface area contributed by atoms with Crippen molar-refractivity contribution in [2.75, 3.05) is 0 Å². The summed E-state index contributed by atoms with van der Waals surface area (Å²) in [7, 11) is 0. The Hall–Kier alpha value is -0.830. The maximum atomic E-state index is 6.32. The van der Waals surface area contributed by atoms with Crippen LogP contribution in [0, 0.1) is 6.92 Å². The summed E-state index contributed by atoms with van der Waals surface area (Å²) in [6, 6.07) is 0. The summed E-state index contributed by atoms with van der Waals surface area (Å²) >= 11 is 0. The van der Waals surface area contributed by atoms with Gasteiger partial charge in [0.1, 0.15) is 0 Å². The molecular formula is C11H17N3. The number of hydrogen-bond acceptors (Lipinski definition) is 2. The second-order valence-electron chi connectivity index (χ2n) is 4.84. The summed E-state index contributed by atoms with van der Waals surface area (Å²) in [6.45, 7) is 3.23. The minimum atomic E-state index is 0.114. The van der Waals surface area contributed by atoms with E-state index in [0.29, 0.717) is 5.92 Å². The van der Waals surface area contributed by atoms with Crippen LogP contribution in [0.5, 0.6) is 0 Å². The lowest BCUT2D eigenvalue weighted by Crippen LogP contribution is -2.34. The van der Waals surface area contributed by atoms with E-state index < -0.39 is 0 Å². The molecule has 0 saturated heterocycles. The molecule has 1 aliphatic carbocycles. The highest BCUT2D eigenvalue weighted by molar-refractivity contribution is 5.27. The van der Waals surface area contributed by atoms with Gasteiger partial charge in [-0.05, 0) is 32.6 Å². The van der Waals surface area contributed by atoms with Crippen molar-refractivity contribution < 1.29 is 0 Å². The number of nitrogens with zero attached hydrogens (tertiary/aromatic N) is 2. The minimum Gasteiger partial charge on any atom is -0.334 e. The Balaban J connectivity index is 2.05. The Kier molecular flexibility index (Phi) is 1.57. The third-order valence-corrected chi connectivity index (χ3v) is 3.81. The van der Waals surface area contributed by atoms with E-state index in [2.05, 4.69) is 16.5 Å². The number of fused-ring (bicyclic) bond motifs is 1. The van der Waals surface area contributed by atoms with Crippen LogP contribution in [0.4, 0.5) is 0 Å². The van der Waals surface area contributed by atoms with Crippen LogP contribution in [0.1, 0.15) is 43.0 Å². The van der Waals surface area contributed by atoms with Crippen LogP contribution in [0.25, 0.3) is 0 Å². The molecule has 0 radical (unpaired) electrons. The van der Waals surface area contributed by atoms with E-state index in [-0.39, 0.29) is 5.54 Å². The topological polar surface area (TPSA) is 43.8 Å². The summed E-state index contributed by atoms with van der Waals surface area (Å²) in [5.74, 6) is 0.568. The Morgan fingerprint density at radius 2 is 2.36 bits per heavy atom. The van der Waals surface area contributed by atoms with E-state index >= 15 is 0 Å². The van der Waals surface area contributed by atoms with Gasteiger partial charge < -0.3 is 10.3 Å². The SMILES string of the molecule is Cc1ncn2c1C(C1(N)CC1)CCC2. The van der Waals surface area contributed by atoms with E-state index in [1.807, 2.05) is 6.33 Å². The van der Waals surface area contributed by atoms with E-state index in [0.717, 1.165) is 6.54 Å². The average molecular weight is 191 g/mol. The largest absolute Gasteiger partial charge is 0.334 e. The molecule has 3 rings (SSSR count). The number of aryl methyl sites for hydroxylation is 2. The molecule has 1 aliphatic heterocycles. The zero-order valence-corrected chi connectivity index (χ0v) is 8.66. The normalized spacial score (nSPS) is 28.6. The van der Waals surface area contributed by atoms with Crippen molar-refractivity contribution in [1.82, 2.24) is 9.55 Å². The van der Waals surface area contributed by atoms with Crippen molar-refractivity contribution in [3.05, 3.63) is 17.7 Å². The quantitative estimate of drug-likeness (QED) is 0.732. The molecular weight excluding hydrogens is 174 g/mol. The minimum absolute atomic E-state index is 0.114. The van der Waals surface area contributed by atoms with Gasteiger partial charge in [0, 0.05) is 23.7 Å². The van der Waals surface area contributed by atoms with Gasteiger partial charge in [0.05, 0.1) is 12.0 Å². The molecule has 1 unspecified atom stereocenters. The lowest BCUT2D eigenvalue weighted by molar-refractivity contribution is 0.387. The first-order valence-electron chi connectivity index (χ1n) is 5.51. The van der Waals surface area contributed by atoms with Gasteiger partial charge in [-0.2, -0.15) is 0 Å². The predicted molar refractivity (Wildman–Crippen MR) is 55.1 cm³/mol. The fraction of sp³-hybridized carbons (Fsp3) is 0.727. The first kappa shape index (κ1) is 8.48. The molecule has 2 aliphatic rings. The molecule has 2 N–H and O–H groups in total. The van der Waals surface area contributed by atoms with Crippen molar-refractivity contribution in [2.24, 2.45) is 5.73 Å². The maximum absolute atomic E-state index is 6.32. The fourth-order valence-electron chi connectivity index (χ4n) is 2.78. The molecule has 14 heavy (non-hydrogen) atoms. The molecule has 1 saturated carbocycles. The number of imidazole rings is 1. The van der Waals surface area contributed by atoms with Gasteiger partial charge in [0.2, 0.25) is 0 Å². The Morgan fingerprint density at radius 3 is 3.07 bits per heavy atom. The average Bonchev–Trinajstić information content (AvgIpc) is 2.83. The predicted octanol–water partition coefficient (Wildman–Crippen LogP) is 1.56. The highest BCUT2D eigenvalue weighted by Gasteiger charge is 2.48. The molecule has 1 fully saturated rings. The van der Waals surface area contributed by atoms with Gasteiger partial charge >= 0.3 is 0 Å². The van der Waals surface area contributed by atoms with Crippen LogP contribution in [0.2, 0.25) is 0 Å². The first-order valence-corrected chi connectivity index (χ1v) is 5.51. The lowest BCUT2D eigenvalue weighted by atomic mass is 9.86. The van der Waals surface area contributed by atoms with Crippen LogP contribution in [0.15, 0.2) is 6.33 Å². The molecule has 3 heteroatoms. The van der Waals surface area contributed by atoms with Crippen LogP contribution in [0.3, 0.4) is 0 Å². The molecule has 1 aromatic rings. The molecule has 3 nitrogen and oxygen atoms in total. The van der Waals surface area contributed by atoms with Gasteiger partial charge in [0.25, 0.3) is 0 Å². The summed E-state index contributed by atoms with van der Waals surface area (Å²) in [4.78, 5) is 4.40. The number of nitrogens with two attached hydrogens (primary N) is 1. The number of rotatable bonds is 1. The van der Waals surface area contributed by atoms with Crippen LogP contribution in [-0.2, 0) is 6.54 Å². The Morgan fingerprint density at radius 1 is 1.57 bits per heavy atom. The van der Waals surface area contributed by atoms with Crippen molar-refractivity contribution >= 4 is 0 Å². The molecule has 1 atom stereocenters. The van der Waals surface area contributed by atoms with Gasteiger partial charge in [-0.1, -0.05) is 0 Å². The van der Waals surface area contributed by atoms with E-state index in [9.17, 15) is 0 Å². The highest BCUT2D eigenvalue weighted by atomic mass is 15.1. The summed E-state index contributed by atoms with van der Waals surface area (Å²) < 4.78 is 2.30. The molecule has 0 spiro atoms. The van der Waals surface area contributed by atoms with Crippen LogP contribution >= 0.6 is 0 Å². The highest BCUT2D eigenvalue weighted by Crippen LogP contribution is 2.49. The molecule has 1 aromatic heterocycles. The summed E-state index contributed by atoms with van der Waals surface area (Å²) in [5.41, 5.74) is 9.04. The van der Waals surface area contributed by atoms with E-state index in [1.165, 1.54) is 37.1 Å².